The van der Waals surface area contributed by atoms with E-state index in [9.17, 15) is 18.3 Å². The van der Waals surface area contributed by atoms with Crippen molar-refractivity contribution in [3.8, 4) is 5.75 Å². The van der Waals surface area contributed by atoms with Gasteiger partial charge >= 0.3 is 0 Å². The molecule has 0 fully saturated rings. The number of aliphatic hydroxyl groups excluding tert-OH is 1. The minimum Gasteiger partial charge on any atom is -0.497 e. The second-order valence-electron chi connectivity index (χ2n) is 7.39. The molecule has 1 heterocycles. The first-order valence-electron chi connectivity index (χ1n) is 10.3. The van der Waals surface area contributed by atoms with Gasteiger partial charge in [0.25, 0.3) is 0 Å². The second-order valence-corrected chi connectivity index (χ2v) is 9.11. The van der Waals surface area contributed by atoms with E-state index in [4.69, 9.17) is 9.47 Å². The standard InChI is InChI=1S/C23H28N2O6S/c1-30-18-7-10-20(11-8-18)32(28,29)25-21-12-9-19(31-22(21)16-26)15-23(27)24-14-13-17-5-3-2-4-6-17/h2-12,19,21-22,25-26H,13-16H2,1H3,(H,24,27)/t19-,21-,22+/m1/s1. The lowest BCUT2D eigenvalue weighted by Gasteiger charge is -2.31. The monoisotopic (exact) mass is 460 g/mol. The number of hydrogen-bond donors (Lipinski definition) is 3. The Morgan fingerprint density at radius 1 is 1.09 bits per heavy atom. The number of methoxy groups -OCH3 is 1. The maximum Gasteiger partial charge on any atom is 0.241 e. The van der Waals surface area contributed by atoms with Crippen molar-refractivity contribution in [2.24, 2.45) is 0 Å². The van der Waals surface area contributed by atoms with E-state index in [2.05, 4.69) is 10.0 Å². The molecule has 2 aromatic rings. The highest BCUT2D eigenvalue weighted by atomic mass is 32.2. The molecular weight excluding hydrogens is 432 g/mol. The summed E-state index contributed by atoms with van der Waals surface area (Å²) < 4.78 is 38.7. The van der Waals surface area contributed by atoms with Crippen LogP contribution in [0.2, 0.25) is 0 Å². The number of benzene rings is 2. The van der Waals surface area contributed by atoms with Gasteiger partial charge in [-0.25, -0.2) is 13.1 Å². The Hall–Kier alpha value is -2.72. The van der Waals surface area contributed by atoms with E-state index in [0.717, 1.165) is 12.0 Å². The molecule has 1 aliphatic rings. The Morgan fingerprint density at radius 2 is 1.81 bits per heavy atom. The van der Waals surface area contributed by atoms with Gasteiger partial charge in [0.2, 0.25) is 15.9 Å². The molecule has 3 atom stereocenters. The predicted octanol–water partition coefficient (Wildman–Crippen LogP) is 1.41. The molecule has 0 saturated carbocycles. The lowest BCUT2D eigenvalue weighted by atomic mass is 10.1. The lowest BCUT2D eigenvalue weighted by Crippen LogP contribution is -2.49. The molecule has 9 heteroatoms. The molecule has 0 spiro atoms. The van der Waals surface area contributed by atoms with Gasteiger partial charge in [-0.15, -0.1) is 0 Å². The van der Waals surface area contributed by atoms with Crippen LogP contribution < -0.4 is 14.8 Å². The third-order valence-electron chi connectivity index (χ3n) is 5.09. The molecule has 0 saturated heterocycles. The molecule has 3 N–H and O–H groups in total. The molecule has 0 aromatic heterocycles. The largest absolute Gasteiger partial charge is 0.497 e. The van der Waals surface area contributed by atoms with Gasteiger partial charge in [0, 0.05) is 6.54 Å². The molecule has 32 heavy (non-hydrogen) atoms. The third kappa shape index (κ3) is 6.64. The molecular formula is C23H28N2O6S. The Labute approximate surface area is 188 Å². The Bertz CT molecular complexity index is 1010. The maximum atomic E-state index is 12.7. The molecule has 0 radical (unpaired) electrons. The molecule has 0 bridgehead atoms. The van der Waals surface area contributed by atoms with Crippen LogP contribution in [-0.2, 0) is 26.0 Å². The minimum absolute atomic E-state index is 0.0725. The van der Waals surface area contributed by atoms with Crippen molar-refractivity contribution in [1.82, 2.24) is 10.0 Å². The van der Waals surface area contributed by atoms with Gasteiger partial charge in [0.1, 0.15) is 11.9 Å². The highest BCUT2D eigenvalue weighted by Gasteiger charge is 2.31. The van der Waals surface area contributed by atoms with Gasteiger partial charge < -0.3 is 19.9 Å². The van der Waals surface area contributed by atoms with Gasteiger partial charge in [0.05, 0.1) is 37.2 Å². The van der Waals surface area contributed by atoms with E-state index >= 15 is 0 Å². The highest BCUT2D eigenvalue weighted by Crippen LogP contribution is 2.20. The Balaban J connectivity index is 1.53. The summed E-state index contributed by atoms with van der Waals surface area (Å²) >= 11 is 0. The van der Waals surface area contributed by atoms with Crippen molar-refractivity contribution < 1.29 is 27.8 Å². The summed E-state index contributed by atoms with van der Waals surface area (Å²) in [5.41, 5.74) is 1.13. The fourth-order valence-electron chi connectivity index (χ4n) is 3.36. The number of sulfonamides is 1. The Morgan fingerprint density at radius 3 is 2.47 bits per heavy atom. The van der Waals surface area contributed by atoms with Crippen LogP contribution in [0.5, 0.6) is 5.75 Å². The van der Waals surface area contributed by atoms with Crippen molar-refractivity contribution in [1.29, 1.82) is 0 Å². The summed E-state index contributed by atoms with van der Waals surface area (Å²) in [6.45, 7) is 0.110. The third-order valence-corrected chi connectivity index (χ3v) is 6.56. The molecule has 3 rings (SSSR count). The van der Waals surface area contributed by atoms with Gasteiger partial charge in [-0.2, -0.15) is 0 Å². The smallest absolute Gasteiger partial charge is 0.241 e. The van der Waals surface area contributed by atoms with Crippen molar-refractivity contribution in [3.05, 3.63) is 72.3 Å². The zero-order chi connectivity index (χ0) is 23.0. The summed E-state index contributed by atoms with van der Waals surface area (Å²) in [6, 6.07) is 15.1. The summed E-state index contributed by atoms with van der Waals surface area (Å²) in [5, 5.41) is 12.6. The zero-order valence-corrected chi connectivity index (χ0v) is 18.6. The molecule has 172 valence electrons. The average Bonchev–Trinajstić information content (AvgIpc) is 2.80. The lowest BCUT2D eigenvalue weighted by molar-refractivity contribution is -0.125. The van der Waals surface area contributed by atoms with E-state index in [0.29, 0.717) is 12.3 Å². The van der Waals surface area contributed by atoms with Crippen LogP contribution in [0.15, 0.2) is 71.6 Å². The molecule has 1 aliphatic heterocycles. The van der Waals surface area contributed by atoms with Crippen molar-refractivity contribution in [2.45, 2.75) is 36.0 Å². The molecule has 8 nitrogen and oxygen atoms in total. The maximum absolute atomic E-state index is 12.7. The molecule has 0 aliphatic carbocycles. The fourth-order valence-corrected chi connectivity index (χ4v) is 4.58. The highest BCUT2D eigenvalue weighted by molar-refractivity contribution is 7.89. The van der Waals surface area contributed by atoms with Crippen molar-refractivity contribution >= 4 is 15.9 Å². The molecule has 0 unspecified atom stereocenters. The first-order valence-corrected chi connectivity index (χ1v) is 11.8. The summed E-state index contributed by atoms with van der Waals surface area (Å²) in [7, 11) is -2.34. The SMILES string of the molecule is COc1ccc(S(=O)(=O)N[C@@H]2C=C[C@H](CC(=O)NCCc3ccccc3)O[C@H]2CO)cc1. The van der Waals surface area contributed by atoms with Crippen LogP contribution in [0.4, 0.5) is 0 Å². The van der Waals surface area contributed by atoms with Crippen LogP contribution in [0.25, 0.3) is 0 Å². The van der Waals surface area contributed by atoms with Crippen LogP contribution in [0.3, 0.4) is 0 Å². The second kappa shape index (κ2) is 11.2. The molecule has 2 aromatic carbocycles. The number of hydrogen-bond acceptors (Lipinski definition) is 6. The van der Waals surface area contributed by atoms with Gasteiger partial charge in [-0.05, 0) is 36.2 Å². The van der Waals surface area contributed by atoms with E-state index < -0.39 is 34.9 Å². The number of nitrogens with one attached hydrogen (secondary N) is 2. The predicted molar refractivity (Wildman–Crippen MR) is 120 cm³/mol. The quantitative estimate of drug-likeness (QED) is 0.462. The number of carbonyl (C=O) groups excluding carboxylic acids is 1. The van der Waals surface area contributed by atoms with Crippen molar-refractivity contribution in [3.63, 3.8) is 0 Å². The number of amides is 1. The van der Waals surface area contributed by atoms with Gasteiger partial charge in [-0.1, -0.05) is 42.5 Å². The van der Waals surface area contributed by atoms with Crippen LogP contribution >= 0.6 is 0 Å². The van der Waals surface area contributed by atoms with Gasteiger partial charge in [0.15, 0.2) is 0 Å². The normalized spacial score (nSPS) is 20.6. The summed E-state index contributed by atoms with van der Waals surface area (Å²) in [5.74, 6) is 0.368. The number of ether oxygens (including phenoxy) is 2. The van der Waals surface area contributed by atoms with Crippen LogP contribution in [0, 0.1) is 0 Å². The summed E-state index contributed by atoms with van der Waals surface area (Å²) in [6.07, 6.45) is 2.71. The average molecular weight is 461 g/mol. The first kappa shape index (κ1) is 23.9. The number of rotatable bonds is 10. The number of aliphatic hydroxyl groups is 1. The van der Waals surface area contributed by atoms with E-state index in [1.807, 2.05) is 30.3 Å². The Kier molecular flexibility index (Phi) is 8.40. The van der Waals surface area contributed by atoms with E-state index in [1.165, 1.54) is 19.2 Å². The topological polar surface area (TPSA) is 114 Å². The number of carbonyl (C=O) groups is 1. The summed E-state index contributed by atoms with van der Waals surface area (Å²) in [4.78, 5) is 12.3. The zero-order valence-electron chi connectivity index (χ0n) is 17.8. The minimum atomic E-state index is -3.83. The molecule has 1 amide bonds. The fraction of sp³-hybridized carbons (Fsp3) is 0.348. The van der Waals surface area contributed by atoms with Crippen LogP contribution in [-0.4, -0.2) is 57.9 Å². The van der Waals surface area contributed by atoms with Crippen LogP contribution in [0.1, 0.15) is 12.0 Å². The van der Waals surface area contributed by atoms with E-state index in [1.54, 1.807) is 24.3 Å². The van der Waals surface area contributed by atoms with Crippen molar-refractivity contribution in [2.75, 3.05) is 20.3 Å². The first-order chi connectivity index (χ1) is 15.4. The van der Waals surface area contributed by atoms with E-state index in [-0.39, 0.29) is 17.2 Å². The van der Waals surface area contributed by atoms with Gasteiger partial charge in [-0.3, -0.25) is 4.79 Å².